The molecule has 0 fully saturated rings. The van der Waals surface area contributed by atoms with Crippen LogP contribution in [0.15, 0.2) is 71.9 Å². The number of hydrogen-bond donors (Lipinski definition) is 1. The number of benzene rings is 2. The lowest BCUT2D eigenvalue weighted by molar-refractivity contribution is 0.443. The molecule has 0 saturated carbocycles. The predicted molar refractivity (Wildman–Crippen MR) is 115 cm³/mol. The van der Waals surface area contributed by atoms with Gasteiger partial charge in [0.1, 0.15) is 5.75 Å². The molecule has 0 aliphatic rings. The van der Waals surface area contributed by atoms with E-state index in [9.17, 15) is 4.79 Å². The first-order chi connectivity index (χ1) is 14.6. The third-order valence-corrected chi connectivity index (χ3v) is 4.92. The van der Waals surface area contributed by atoms with E-state index in [1.807, 2.05) is 61.4 Å². The van der Waals surface area contributed by atoms with Crippen LogP contribution in [0.5, 0.6) is 11.8 Å². The first-order valence-electron chi connectivity index (χ1n) is 9.36. The monoisotopic (exact) mass is 398 g/mol. The Morgan fingerprint density at radius 1 is 1.03 bits per heavy atom. The molecule has 2 aromatic carbocycles. The van der Waals surface area contributed by atoms with Crippen molar-refractivity contribution in [2.45, 2.75) is 0 Å². The van der Waals surface area contributed by atoms with Gasteiger partial charge in [-0.05, 0) is 48.5 Å². The second-order valence-corrected chi connectivity index (χ2v) is 6.96. The number of nitrogens with zero attached hydrogens (tertiary/aromatic N) is 5. The van der Waals surface area contributed by atoms with Crippen molar-refractivity contribution in [2.24, 2.45) is 7.05 Å². The predicted octanol–water partition coefficient (Wildman–Crippen LogP) is 3.77. The Hall–Kier alpha value is -4.20. The maximum absolute atomic E-state index is 12.2. The van der Waals surface area contributed by atoms with Gasteiger partial charge in [-0.25, -0.2) is 0 Å². The summed E-state index contributed by atoms with van der Waals surface area (Å²) in [6.07, 6.45) is 5.09. The largest absolute Gasteiger partial charge is 0.426 e. The number of ether oxygens (including phenoxy) is 1. The molecule has 0 saturated heterocycles. The minimum Gasteiger partial charge on any atom is -0.426 e. The van der Waals surface area contributed by atoms with Gasteiger partial charge in [0.15, 0.2) is 0 Å². The van der Waals surface area contributed by atoms with Crippen molar-refractivity contribution >= 4 is 33.2 Å². The lowest BCUT2D eigenvalue weighted by Crippen LogP contribution is -2.10. The summed E-state index contributed by atoms with van der Waals surface area (Å²) >= 11 is 0. The summed E-state index contributed by atoms with van der Waals surface area (Å²) in [5.41, 5.74) is 3.23. The van der Waals surface area contributed by atoms with Gasteiger partial charge in [-0.15, -0.1) is 0 Å². The number of anilines is 2. The minimum atomic E-state index is -0.264. The van der Waals surface area contributed by atoms with Crippen molar-refractivity contribution in [2.75, 3.05) is 11.9 Å². The van der Waals surface area contributed by atoms with Crippen LogP contribution in [0.2, 0.25) is 0 Å². The summed E-state index contributed by atoms with van der Waals surface area (Å²) in [5, 5.41) is 5.97. The molecular formula is C22H18N6O2. The van der Waals surface area contributed by atoms with E-state index in [-0.39, 0.29) is 11.6 Å². The third-order valence-electron chi connectivity index (χ3n) is 4.92. The van der Waals surface area contributed by atoms with Crippen molar-refractivity contribution in [3.05, 3.63) is 77.5 Å². The fraction of sp³-hybridized carbons (Fsp3) is 0.0909. The lowest BCUT2D eigenvalue weighted by Gasteiger charge is -2.19. The SMILES string of the molecule is CN(c1ccc(Oc2nc3cnccc3c(=O)[nH]2)cc1)c1ccc2nn(C)cc2c1. The molecule has 5 aromatic rings. The molecular weight excluding hydrogens is 380 g/mol. The summed E-state index contributed by atoms with van der Waals surface area (Å²) in [6, 6.07) is 15.5. The molecule has 0 unspecified atom stereocenters. The number of hydrogen-bond acceptors (Lipinski definition) is 6. The fourth-order valence-electron chi connectivity index (χ4n) is 3.36. The van der Waals surface area contributed by atoms with E-state index in [0.717, 1.165) is 22.3 Å². The molecule has 0 radical (unpaired) electrons. The molecule has 0 aliphatic heterocycles. The second-order valence-electron chi connectivity index (χ2n) is 6.96. The van der Waals surface area contributed by atoms with Gasteiger partial charge >= 0.3 is 6.01 Å². The standard InChI is InChI=1S/C22H18N6O2/c1-27-13-14-11-16(5-8-19(14)26-27)28(2)15-3-6-17(7-4-15)30-22-24-20-12-23-10-9-18(20)21(29)25-22/h3-13H,1-2H3,(H,24,25,29). The number of rotatable bonds is 4. The fourth-order valence-corrected chi connectivity index (χ4v) is 3.36. The molecule has 3 heterocycles. The van der Waals surface area contributed by atoms with Crippen LogP contribution in [0.25, 0.3) is 21.8 Å². The van der Waals surface area contributed by atoms with E-state index in [4.69, 9.17) is 4.74 Å². The van der Waals surface area contributed by atoms with Gasteiger partial charge in [0.05, 0.1) is 22.6 Å². The number of aromatic nitrogens is 5. The first kappa shape index (κ1) is 17.9. The number of nitrogens with one attached hydrogen (secondary N) is 1. The van der Waals surface area contributed by atoms with Crippen molar-refractivity contribution in [1.29, 1.82) is 0 Å². The van der Waals surface area contributed by atoms with Gasteiger partial charge in [0, 0.05) is 43.3 Å². The Kier molecular flexibility index (Phi) is 4.17. The van der Waals surface area contributed by atoms with Crippen LogP contribution in [-0.4, -0.2) is 31.8 Å². The second kappa shape index (κ2) is 7.00. The van der Waals surface area contributed by atoms with E-state index in [0.29, 0.717) is 16.7 Å². The summed E-state index contributed by atoms with van der Waals surface area (Å²) in [4.78, 5) is 25.2. The molecule has 5 rings (SSSR count). The van der Waals surface area contributed by atoms with Crippen LogP contribution >= 0.6 is 0 Å². The number of fused-ring (bicyclic) bond motifs is 2. The van der Waals surface area contributed by atoms with Crippen molar-refractivity contribution in [1.82, 2.24) is 24.7 Å². The van der Waals surface area contributed by atoms with E-state index in [1.165, 1.54) is 6.20 Å². The zero-order chi connectivity index (χ0) is 20.7. The van der Waals surface area contributed by atoms with Gasteiger partial charge in [0.2, 0.25) is 0 Å². The van der Waals surface area contributed by atoms with Crippen LogP contribution in [0.3, 0.4) is 0 Å². The van der Waals surface area contributed by atoms with Gasteiger partial charge in [-0.3, -0.25) is 19.4 Å². The molecule has 1 N–H and O–H groups in total. The quantitative estimate of drug-likeness (QED) is 0.496. The van der Waals surface area contributed by atoms with Crippen LogP contribution in [0, 0.1) is 0 Å². The highest BCUT2D eigenvalue weighted by Crippen LogP contribution is 2.29. The summed E-state index contributed by atoms with van der Waals surface area (Å²) < 4.78 is 7.55. The number of pyridine rings is 1. The lowest BCUT2D eigenvalue weighted by atomic mass is 10.2. The maximum Gasteiger partial charge on any atom is 0.302 e. The zero-order valence-electron chi connectivity index (χ0n) is 16.4. The third kappa shape index (κ3) is 3.24. The molecule has 148 valence electrons. The molecule has 0 atom stereocenters. The first-order valence-corrected chi connectivity index (χ1v) is 9.36. The number of H-pyrrole nitrogens is 1. The van der Waals surface area contributed by atoms with Crippen molar-refractivity contribution in [3.8, 4) is 11.8 Å². The molecule has 3 aromatic heterocycles. The van der Waals surface area contributed by atoms with Crippen LogP contribution in [-0.2, 0) is 7.05 Å². The molecule has 0 amide bonds. The van der Waals surface area contributed by atoms with E-state index < -0.39 is 0 Å². The maximum atomic E-state index is 12.2. The topological polar surface area (TPSA) is 88.9 Å². The molecule has 0 bridgehead atoms. The summed E-state index contributed by atoms with van der Waals surface area (Å²) in [5.74, 6) is 0.571. The van der Waals surface area contributed by atoms with Crippen LogP contribution in [0.4, 0.5) is 11.4 Å². The highest BCUT2D eigenvalue weighted by molar-refractivity contribution is 5.83. The Bertz CT molecular complexity index is 1420. The molecule has 30 heavy (non-hydrogen) atoms. The van der Waals surface area contributed by atoms with Gasteiger partial charge in [-0.2, -0.15) is 10.1 Å². The Labute approximate surface area is 171 Å². The molecule has 8 nitrogen and oxygen atoms in total. The smallest absolute Gasteiger partial charge is 0.302 e. The Balaban J connectivity index is 1.39. The Morgan fingerprint density at radius 3 is 2.67 bits per heavy atom. The van der Waals surface area contributed by atoms with E-state index >= 15 is 0 Å². The van der Waals surface area contributed by atoms with Crippen LogP contribution in [0.1, 0.15) is 0 Å². The normalized spacial score (nSPS) is 11.1. The minimum absolute atomic E-state index is 0.128. The van der Waals surface area contributed by atoms with Gasteiger partial charge < -0.3 is 9.64 Å². The van der Waals surface area contributed by atoms with Crippen molar-refractivity contribution < 1.29 is 4.74 Å². The van der Waals surface area contributed by atoms with Gasteiger partial charge in [-0.1, -0.05) is 0 Å². The molecule has 0 aliphatic carbocycles. The van der Waals surface area contributed by atoms with Crippen molar-refractivity contribution in [3.63, 3.8) is 0 Å². The highest BCUT2D eigenvalue weighted by atomic mass is 16.5. The molecule has 0 spiro atoms. The van der Waals surface area contributed by atoms with Crippen LogP contribution < -0.4 is 15.2 Å². The number of aryl methyl sites for hydroxylation is 1. The van der Waals surface area contributed by atoms with E-state index in [1.54, 1.807) is 12.3 Å². The summed E-state index contributed by atoms with van der Waals surface area (Å²) in [7, 11) is 3.92. The van der Waals surface area contributed by atoms with E-state index in [2.05, 4.69) is 31.0 Å². The summed E-state index contributed by atoms with van der Waals surface area (Å²) in [6.45, 7) is 0. The Morgan fingerprint density at radius 2 is 1.83 bits per heavy atom. The zero-order valence-corrected chi connectivity index (χ0v) is 16.4. The molecule has 8 heteroatoms. The number of aromatic amines is 1. The average Bonchev–Trinajstić information content (AvgIpc) is 3.13. The highest BCUT2D eigenvalue weighted by Gasteiger charge is 2.09. The van der Waals surface area contributed by atoms with Gasteiger partial charge in [0.25, 0.3) is 5.56 Å². The average molecular weight is 398 g/mol.